The van der Waals surface area contributed by atoms with Crippen molar-refractivity contribution >= 4 is 11.8 Å². The molecule has 0 bridgehead atoms. The van der Waals surface area contributed by atoms with Gasteiger partial charge in [0.25, 0.3) is 0 Å². The lowest BCUT2D eigenvalue weighted by atomic mass is 10.1. The fourth-order valence-corrected chi connectivity index (χ4v) is 2.93. The smallest absolute Gasteiger partial charge is 0.313 e. The molecule has 0 radical (unpaired) electrons. The third-order valence-electron chi connectivity index (χ3n) is 4.44. The molecule has 0 amide bonds. The molecule has 1 fully saturated rings. The van der Waals surface area contributed by atoms with E-state index in [4.69, 9.17) is 18.9 Å². The molecule has 0 saturated carbocycles. The van der Waals surface area contributed by atoms with Gasteiger partial charge < -0.3 is 18.9 Å². The summed E-state index contributed by atoms with van der Waals surface area (Å²) in [4.78, 5) is 22.0. The van der Waals surface area contributed by atoms with E-state index in [1.165, 1.54) is 18.9 Å². The van der Waals surface area contributed by atoms with Crippen molar-refractivity contribution in [1.29, 1.82) is 0 Å². The minimum absolute atomic E-state index is 0.00263. The average Bonchev–Trinajstić information content (AvgIpc) is 2.69. The minimum Gasteiger partial charge on any atom is -0.493 e. The lowest BCUT2D eigenvalue weighted by Crippen LogP contribution is -2.22. The number of ether oxygens (including phenoxy) is 4. The molecule has 1 aliphatic heterocycles. The van der Waals surface area contributed by atoms with Gasteiger partial charge in [-0.1, -0.05) is 12.1 Å². The van der Waals surface area contributed by atoms with Gasteiger partial charge in [-0.15, -0.1) is 0 Å². The van der Waals surface area contributed by atoms with Gasteiger partial charge in [0.2, 0.25) is 0 Å². The van der Waals surface area contributed by atoms with Crippen LogP contribution >= 0.6 is 0 Å². The van der Waals surface area contributed by atoms with Crippen molar-refractivity contribution in [3.8, 4) is 5.75 Å². The predicted molar refractivity (Wildman–Crippen MR) is 105 cm³/mol. The van der Waals surface area contributed by atoms with Crippen LogP contribution in [0.3, 0.4) is 0 Å². The standard InChI is InChI=1S/C22H32O6/c1-18(23)17-21(24)26-16-6-15-25-20-11-9-19(10-12-20)7-2-4-13-27-22-8-3-5-14-28-22/h9-12,22H,2-8,13-17H2,1H3. The van der Waals surface area contributed by atoms with Crippen LogP contribution in [0.1, 0.15) is 57.4 Å². The molecule has 0 aromatic heterocycles. The quantitative estimate of drug-likeness (QED) is 0.289. The molecule has 0 spiro atoms. The van der Waals surface area contributed by atoms with Crippen LogP contribution in [-0.4, -0.2) is 44.5 Å². The number of esters is 1. The van der Waals surface area contributed by atoms with Gasteiger partial charge in [0.05, 0.1) is 13.2 Å². The van der Waals surface area contributed by atoms with Gasteiger partial charge >= 0.3 is 5.97 Å². The van der Waals surface area contributed by atoms with E-state index in [1.807, 2.05) is 12.1 Å². The number of Topliss-reactive ketones (excluding diaryl/α,β-unsaturated/α-hetero) is 1. The predicted octanol–water partition coefficient (Wildman–Crippen LogP) is 3.84. The molecule has 1 unspecified atom stereocenters. The second-order valence-electron chi connectivity index (χ2n) is 7.07. The molecule has 0 N–H and O–H groups in total. The first-order valence-corrected chi connectivity index (χ1v) is 10.2. The molecule has 1 aromatic rings. The van der Waals surface area contributed by atoms with Crippen LogP contribution in [0.5, 0.6) is 5.75 Å². The lowest BCUT2D eigenvalue weighted by molar-refractivity contribution is -0.162. The number of carbonyl (C=O) groups excluding carboxylic acids is 2. The molecule has 156 valence electrons. The van der Waals surface area contributed by atoms with Crippen LogP contribution < -0.4 is 4.74 Å². The number of hydrogen-bond donors (Lipinski definition) is 0. The van der Waals surface area contributed by atoms with Crippen molar-refractivity contribution < 1.29 is 28.5 Å². The van der Waals surface area contributed by atoms with Crippen LogP contribution in [0.4, 0.5) is 0 Å². The number of benzene rings is 1. The maximum Gasteiger partial charge on any atom is 0.313 e. The van der Waals surface area contributed by atoms with E-state index in [0.717, 1.165) is 51.1 Å². The average molecular weight is 392 g/mol. The van der Waals surface area contributed by atoms with E-state index in [9.17, 15) is 9.59 Å². The van der Waals surface area contributed by atoms with Crippen molar-refractivity contribution in [1.82, 2.24) is 0 Å². The number of ketones is 1. The Morgan fingerprint density at radius 3 is 2.57 bits per heavy atom. The maximum absolute atomic E-state index is 11.2. The van der Waals surface area contributed by atoms with E-state index in [2.05, 4.69) is 12.1 Å². The maximum atomic E-state index is 11.2. The highest BCUT2D eigenvalue weighted by molar-refractivity contribution is 5.94. The summed E-state index contributed by atoms with van der Waals surface area (Å²) in [6.07, 6.45) is 6.92. The largest absolute Gasteiger partial charge is 0.493 e. The van der Waals surface area contributed by atoms with Crippen LogP contribution in [0.15, 0.2) is 24.3 Å². The summed E-state index contributed by atoms with van der Waals surface area (Å²) in [5, 5.41) is 0. The number of carbonyl (C=O) groups is 2. The van der Waals surface area contributed by atoms with Gasteiger partial charge in [-0.2, -0.15) is 0 Å². The van der Waals surface area contributed by atoms with Crippen molar-refractivity contribution in [3.63, 3.8) is 0 Å². The molecule has 6 nitrogen and oxygen atoms in total. The topological polar surface area (TPSA) is 71.1 Å². The molecule has 1 heterocycles. The Kier molecular flexibility index (Phi) is 10.6. The van der Waals surface area contributed by atoms with E-state index in [1.54, 1.807) is 0 Å². The fourth-order valence-electron chi connectivity index (χ4n) is 2.93. The van der Waals surface area contributed by atoms with Crippen molar-refractivity contribution in [2.45, 2.75) is 64.6 Å². The Hall–Kier alpha value is -1.92. The van der Waals surface area contributed by atoms with Gasteiger partial charge in [0.15, 0.2) is 6.29 Å². The van der Waals surface area contributed by atoms with Gasteiger partial charge in [-0.3, -0.25) is 9.59 Å². The van der Waals surface area contributed by atoms with Crippen molar-refractivity contribution in [2.24, 2.45) is 0 Å². The van der Waals surface area contributed by atoms with Crippen LogP contribution in [0, 0.1) is 0 Å². The highest BCUT2D eigenvalue weighted by Gasteiger charge is 2.13. The zero-order valence-electron chi connectivity index (χ0n) is 16.8. The summed E-state index contributed by atoms with van der Waals surface area (Å²) < 4.78 is 21.9. The highest BCUT2D eigenvalue weighted by atomic mass is 16.7. The summed E-state index contributed by atoms with van der Waals surface area (Å²) in [6.45, 7) is 3.67. The summed E-state index contributed by atoms with van der Waals surface area (Å²) in [7, 11) is 0. The molecule has 1 aliphatic rings. The molecular weight excluding hydrogens is 360 g/mol. The molecule has 28 heavy (non-hydrogen) atoms. The molecule has 2 rings (SSSR count). The molecule has 0 aliphatic carbocycles. The Labute approximate surface area is 167 Å². The van der Waals surface area contributed by atoms with Gasteiger partial charge in [0, 0.05) is 19.6 Å². The van der Waals surface area contributed by atoms with Crippen LogP contribution in [0.2, 0.25) is 0 Å². The molecular formula is C22H32O6. The highest BCUT2D eigenvalue weighted by Crippen LogP contribution is 2.16. The number of unbranched alkanes of at least 4 members (excludes halogenated alkanes) is 1. The van der Waals surface area contributed by atoms with E-state index in [-0.39, 0.29) is 25.1 Å². The first-order valence-electron chi connectivity index (χ1n) is 10.2. The Morgan fingerprint density at radius 2 is 1.86 bits per heavy atom. The Bertz CT molecular complexity index is 577. The first-order chi connectivity index (χ1) is 13.6. The summed E-state index contributed by atoms with van der Waals surface area (Å²) in [5.74, 6) is 0.136. The number of aryl methyl sites for hydroxylation is 1. The molecule has 1 atom stereocenters. The van der Waals surface area contributed by atoms with Gasteiger partial charge in [-0.25, -0.2) is 0 Å². The third-order valence-corrected chi connectivity index (χ3v) is 4.44. The molecule has 1 saturated heterocycles. The number of rotatable bonds is 13. The van der Waals surface area contributed by atoms with E-state index >= 15 is 0 Å². The fraction of sp³-hybridized carbons (Fsp3) is 0.636. The van der Waals surface area contributed by atoms with E-state index < -0.39 is 5.97 Å². The van der Waals surface area contributed by atoms with Crippen molar-refractivity contribution in [2.75, 3.05) is 26.4 Å². The summed E-state index contributed by atoms with van der Waals surface area (Å²) in [5.41, 5.74) is 1.28. The SMILES string of the molecule is CC(=O)CC(=O)OCCCOc1ccc(CCCCOC2CCCCO2)cc1. The Balaban J connectivity index is 1.50. The normalized spacial score (nSPS) is 16.5. The van der Waals surface area contributed by atoms with Crippen molar-refractivity contribution in [3.05, 3.63) is 29.8 Å². The second-order valence-corrected chi connectivity index (χ2v) is 7.07. The second kappa shape index (κ2) is 13.3. The van der Waals surface area contributed by atoms with Crippen LogP contribution in [-0.2, 0) is 30.2 Å². The lowest BCUT2D eigenvalue weighted by Gasteiger charge is -2.22. The number of hydrogen-bond acceptors (Lipinski definition) is 6. The minimum atomic E-state index is -0.478. The third kappa shape index (κ3) is 9.85. The van der Waals surface area contributed by atoms with Gasteiger partial charge in [-0.05, 0) is 63.1 Å². The molecule has 1 aromatic carbocycles. The zero-order valence-corrected chi connectivity index (χ0v) is 16.8. The summed E-state index contributed by atoms with van der Waals surface area (Å²) in [6, 6.07) is 8.08. The van der Waals surface area contributed by atoms with Gasteiger partial charge in [0.1, 0.15) is 18.0 Å². The zero-order chi connectivity index (χ0) is 20.0. The monoisotopic (exact) mass is 392 g/mol. The Morgan fingerprint density at radius 1 is 1.04 bits per heavy atom. The van der Waals surface area contributed by atoms with E-state index in [0.29, 0.717) is 13.0 Å². The first kappa shape index (κ1) is 22.4. The van der Waals surface area contributed by atoms with Crippen LogP contribution in [0.25, 0.3) is 0 Å². The molecule has 6 heteroatoms. The summed E-state index contributed by atoms with van der Waals surface area (Å²) >= 11 is 0.